The first-order valence-corrected chi connectivity index (χ1v) is 9.80. The first-order chi connectivity index (χ1) is 13.7. The molecule has 3 rings (SSSR count). The molecule has 29 heavy (non-hydrogen) atoms. The van der Waals surface area contributed by atoms with Gasteiger partial charge in [-0.2, -0.15) is 8.78 Å². The van der Waals surface area contributed by atoms with Crippen molar-refractivity contribution in [1.82, 2.24) is 14.9 Å². The lowest BCUT2D eigenvalue weighted by Crippen LogP contribution is -2.29. The Balaban J connectivity index is 1.65. The van der Waals surface area contributed by atoms with E-state index in [2.05, 4.69) is 43.2 Å². The summed E-state index contributed by atoms with van der Waals surface area (Å²) < 4.78 is 28.0. The number of hydrogen-bond donors (Lipinski definition) is 1. The van der Waals surface area contributed by atoms with E-state index in [-0.39, 0.29) is 23.6 Å². The molecular formula is C23H27F2N3O. The summed E-state index contributed by atoms with van der Waals surface area (Å²) in [7, 11) is 0. The number of para-hydroxylation sites is 2. The van der Waals surface area contributed by atoms with Crippen LogP contribution in [0.1, 0.15) is 63.7 Å². The standard InChI is InChI=1S/C23H27F2N3O/c1-15(21-27-18-7-5-6-8-19(18)28(21)22(24)25)26-20(29)14-11-16-9-12-17(13-10-16)23(2,3)4/h5-10,12-13,15,22H,11,14H2,1-4H3,(H,26,29). The van der Waals surface area contributed by atoms with Crippen LogP contribution in [0.3, 0.4) is 0 Å². The highest BCUT2D eigenvalue weighted by molar-refractivity contribution is 5.78. The maximum Gasteiger partial charge on any atom is 0.320 e. The van der Waals surface area contributed by atoms with E-state index in [1.807, 2.05) is 12.1 Å². The highest BCUT2D eigenvalue weighted by Crippen LogP contribution is 2.27. The summed E-state index contributed by atoms with van der Waals surface area (Å²) in [5.74, 6) is -0.0330. The fraction of sp³-hybridized carbons (Fsp3) is 0.391. The summed E-state index contributed by atoms with van der Waals surface area (Å²) in [6.07, 6.45) is 0.877. The van der Waals surface area contributed by atoms with Crippen molar-refractivity contribution in [3.8, 4) is 0 Å². The third-order valence-corrected chi connectivity index (χ3v) is 5.04. The average molecular weight is 399 g/mol. The van der Waals surface area contributed by atoms with Gasteiger partial charge in [-0.1, -0.05) is 57.2 Å². The molecule has 0 radical (unpaired) electrons. The minimum atomic E-state index is -2.72. The van der Waals surface area contributed by atoms with Gasteiger partial charge in [-0.15, -0.1) is 0 Å². The Morgan fingerprint density at radius 1 is 1.10 bits per heavy atom. The van der Waals surface area contributed by atoms with Gasteiger partial charge in [-0.25, -0.2) is 4.98 Å². The number of benzene rings is 2. The Morgan fingerprint density at radius 3 is 2.38 bits per heavy atom. The Labute approximate surface area is 170 Å². The van der Waals surface area contributed by atoms with Gasteiger partial charge in [0, 0.05) is 6.42 Å². The SMILES string of the molecule is CC(NC(=O)CCc1ccc(C(C)(C)C)cc1)c1nc2ccccc2n1C(F)F. The van der Waals surface area contributed by atoms with E-state index < -0.39 is 12.6 Å². The summed E-state index contributed by atoms with van der Waals surface area (Å²) in [4.78, 5) is 16.7. The first-order valence-electron chi connectivity index (χ1n) is 9.80. The van der Waals surface area contributed by atoms with Crippen LogP contribution in [-0.4, -0.2) is 15.5 Å². The Kier molecular flexibility index (Phi) is 6.01. The molecule has 0 bridgehead atoms. The normalized spacial score (nSPS) is 13.1. The number of amides is 1. The molecule has 1 unspecified atom stereocenters. The largest absolute Gasteiger partial charge is 0.346 e. The molecule has 0 fully saturated rings. The van der Waals surface area contributed by atoms with Crippen LogP contribution in [0.2, 0.25) is 0 Å². The minimum Gasteiger partial charge on any atom is -0.346 e. The van der Waals surface area contributed by atoms with Gasteiger partial charge in [-0.3, -0.25) is 9.36 Å². The van der Waals surface area contributed by atoms with Gasteiger partial charge in [0.15, 0.2) is 0 Å². The molecular weight excluding hydrogens is 372 g/mol. The van der Waals surface area contributed by atoms with Crippen molar-refractivity contribution in [2.75, 3.05) is 0 Å². The lowest BCUT2D eigenvalue weighted by atomic mass is 9.86. The molecule has 1 aromatic heterocycles. The lowest BCUT2D eigenvalue weighted by Gasteiger charge is -2.19. The van der Waals surface area contributed by atoms with Crippen LogP contribution < -0.4 is 5.32 Å². The van der Waals surface area contributed by atoms with Crippen LogP contribution in [0.25, 0.3) is 11.0 Å². The summed E-state index contributed by atoms with van der Waals surface area (Å²) in [6.45, 7) is 5.42. The third-order valence-electron chi connectivity index (χ3n) is 5.04. The van der Waals surface area contributed by atoms with Crippen molar-refractivity contribution < 1.29 is 13.6 Å². The van der Waals surface area contributed by atoms with Crippen LogP contribution in [0, 0.1) is 0 Å². The molecule has 1 atom stereocenters. The van der Waals surface area contributed by atoms with Crippen LogP contribution in [-0.2, 0) is 16.6 Å². The number of aryl methyl sites for hydroxylation is 1. The fourth-order valence-electron chi connectivity index (χ4n) is 3.38. The quantitative estimate of drug-likeness (QED) is 0.592. The second-order valence-corrected chi connectivity index (χ2v) is 8.34. The molecule has 0 spiro atoms. The Morgan fingerprint density at radius 2 is 1.76 bits per heavy atom. The molecule has 1 amide bonds. The highest BCUT2D eigenvalue weighted by atomic mass is 19.3. The average Bonchev–Trinajstić information content (AvgIpc) is 3.06. The summed E-state index contributed by atoms with van der Waals surface area (Å²) in [6, 6.07) is 14.4. The van der Waals surface area contributed by atoms with E-state index in [4.69, 9.17) is 0 Å². The van der Waals surface area contributed by atoms with Crippen LogP contribution >= 0.6 is 0 Å². The number of fused-ring (bicyclic) bond motifs is 1. The minimum absolute atomic E-state index is 0.0848. The number of alkyl halides is 2. The van der Waals surface area contributed by atoms with Crippen LogP contribution in [0.15, 0.2) is 48.5 Å². The monoisotopic (exact) mass is 399 g/mol. The third kappa shape index (κ3) is 4.81. The van der Waals surface area contributed by atoms with E-state index in [1.165, 1.54) is 5.56 Å². The smallest absolute Gasteiger partial charge is 0.320 e. The molecule has 0 aliphatic carbocycles. The molecule has 0 saturated carbocycles. The number of nitrogens with one attached hydrogen (secondary N) is 1. The van der Waals surface area contributed by atoms with Gasteiger partial charge in [0.2, 0.25) is 5.91 Å². The molecule has 0 saturated heterocycles. The summed E-state index contributed by atoms with van der Waals surface area (Å²) in [5, 5.41) is 2.80. The van der Waals surface area contributed by atoms with Crippen molar-refractivity contribution in [3.63, 3.8) is 0 Å². The number of imidazole rings is 1. The van der Waals surface area contributed by atoms with Crippen molar-refractivity contribution in [3.05, 3.63) is 65.5 Å². The molecule has 4 nitrogen and oxygen atoms in total. The van der Waals surface area contributed by atoms with Gasteiger partial charge in [-0.05, 0) is 42.0 Å². The molecule has 3 aromatic rings. The van der Waals surface area contributed by atoms with E-state index in [1.54, 1.807) is 31.2 Å². The predicted octanol–water partition coefficient (Wildman–Crippen LogP) is 5.54. The van der Waals surface area contributed by atoms with E-state index in [0.717, 1.165) is 10.1 Å². The molecule has 0 aliphatic heterocycles. The first kappa shape index (κ1) is 21.0. The number of carbonyl (C=O) groups excluding carboxylic acids is 1. The zero-order valence-electron chi connectivity index (χ0n) is 17.2. The molecule has 1 N–H and O–H groups in total. The number of aromatic nitrogens is 2. The fourth-order valence-corrected chi connectivity index (χ4v) is 3.38. The predicted molar refractivity (Wildman–Crippen MR) is 111 cm³/mol. The van der Waals surface area contributed by atoms with Gasteiger partial charge < -0.3 is 5.32 Å². The van der Waals surface area contributed by atoms with Crippen molar-refractivity contribution in [1.29, 1.82) is 0 Å². The number of carbonyl (C=O) groups is 1. The van der Waals surface area contributed by atoms with Gasteiger partial charge in [0.25, 0.3) is 0 Å². The molecule has 2 aromatic carbocycles. The van der Waals surface area contributed by atoms with E-state index in [0.29, 0.717) is 17.5 Å². The number of hydrogen-bond acceptors (Lipinski definition) is 2. The Bertz CT molecular complexity index is 988. The van der Waals surface area contributed by atoms with Crippen molar-refractivity contribution >= 4 is 16.9 Å². The van der Waals surface area contributed by atoms with Crippen molar-refractivity contribution in [2.24, 2.45) is 0 Å². The topological polar surface area (TPSA) is 46.9 Å². The number of halogens is 2. The van der Waals surface area contributed by atoms with Crippen LogP contribution in [0.4, 0.5) is 8.78 Å². The Hall–Kier alpha value is -2.76. The second kappa shape index (κ2) is 8.31. The molecule has 6 heteroatoms. The second-order valence-electron chi connectivity index (χ2n) is 8.34. The van der Waals surface area contributed by atoms with E-state index >= 15 is 0 Å². The summed E-state index contributed by atoms with van der Waals surface area (Å²) in [5.41, 5.74) is 3.24. The molecule has 1 heterocycles. The lowest BCUT2D eigenvalue weighted by molar-refractivity contribution is -0.121. The maximum atomic E-state index is 13.6. The highest BCUT2D eigenvalue weighted by Gasteiger charge is 2.22. The number of nitrogens with zero attached hydrogens (tertiary/aromatic N) is 2. The number of rotatable bonds is 6. The van der Waals surface area contributed by atoms with Gasteiger partial charge in [0.1, 0.15) is 5.82 Å². The van der Waals surface area contributed by atoms with E-state index in [9.17, 15) is 13.6 Å². The van der Waals surface area contributed by atoms with Crippen molar-refractivity contribution in [2.45, 2.75) is 58.5 Å². The molecule has 0 aliphatic rings. The summed E-state index contributed by atoms with van der Waals surface area (Å²) >= 11 is 0. The van der Waals surface area contributed by atoms with Gasteiger partial charge in [0.05, 0.1) is 17.1 Å². The zero-order chi connectivity index (χ0) is 21.2. The molecule has 154 valence electrons. The zero-order valence-corrected chi connectivity index (χ0v) is 17.2. The van der Waals surface area contributed by atoms with Gasteiger partial charge >= 0.3 is 6.55 Å². The maximum absolute atomic E-state index is 13.6. The van der Waals surface area contributed by atoms with Crippen LogP contribution in [0.5, 0.6) is 0 Å².